The summed E-state index contributed by atoms with van der Waals surface area (Å²) in [4.78, 5) is 25.1. The van der Waals surface area contributed by atoms with Crippen molar-refractivity contribution >= 4 is 46.6 Å². The highest BCUT2D eigenvalue weighted by molar-refractivity contribution is 7.99. The lowest BCUT2D eigenvalue weighted by molar-refractivity contribution is -0.113. The predicted octanol–water partition coefficient (Wildman–Crippen LogP) is 6.63. The molecule has 39 heavy (non-hydrogen) atoms. The minimum Gasteiger partial charge on any atom is -0.325 e. The van der Waals surface area contributed by atoms with Crippen LogP contribution in [0.5, 0.6) is 0 Å². The quantitative estimate of drug-likeness (QED) is 0.200. The van der Waals surface area contributed by atoms with E-state index in [0.717, 1.165) is 11.1 Å². The van der Waals surface area contributed by atoms with Crippen molar-refractivity contribution in [3.05, 3.63) is 125 Å². The molecule has 0 spiro atoms. The summed E-state index contributed by atoms with van der Waals surface area (Å²) in [6, 6.07) is 33.5. The first-order valence-corrected chi connectivity index (χ1v) is 13.5. The van der Waals surface area contributed by atoms with E-state index in [1.807, 2.05) is 77.4 Å². The number of hydrogen-bond acceptors (Lipinski definition) is 5. The Morgan fingerprint density at radius 3 is 2.05 bits per heavy atom. The molecule has 0 saturated carbocycles. The van der Waals surface area contributed by atoms with Crippen LogP contribution in [0, 0.1) is 0 Å². The van der Waals surface area contributed by atoms with Crippen molar-refractivity contribution in [1.29, 1.82) is 0 Å². The van der Waals surface area contributed by atoms with Crippen LogP contribution in [-0.4, -0.2) is 32.3 Å². The number of halogens is 1. The SMILES string of the molecule is O=C(CSc1nnc(-c2ccc(NC(=O)c3ccccc3)cc2)n1Cc1ccccc1)Nc1ccc(Cl)cc1. The maximum Gasteiger partial charge on any atom is 0.255 e. The molecule has 1 aromatic heterocycles. The molecular formula is C30H24ClN5O2S. The van der Waals surface area contributed by atoms with Gasteiger partial charge < -0.3 is 10.6 Å². The summed E-state index contributed by atoms with van der Waals surface area (Å²) in [5, 5.41) is 15.9. The highest BCUT2D eigenvalue weighted by atomic mass is 35.5. The van der Waals surface area contributed by atoms with Crippen LogP contribution in [0.15, 0.2) is 114 Å². The molecule has 9 heteroatoms. The molecule has 0 aliphatic carbocycles. The van der Waals surface area contributed by atoms with Crippen LogP contribution in [-0.2, 0) is 11.3 Å². The van der Waals surface area contributed by atoms with E-state index in [1.54, 1.807) is 36.4 Å². The van der Waals surface area contributed by atoms with Gasteiger partial charge in [0.2, 0.25) is 5.91 Å². The zero-order valence-corrected chi connectivity index (χ0v) is 22.3. The molecule has 0 bridgehead atoms. The summed E-state index contributed by atoms with van der Waals surface area (Å²) in [5.74, 6) is 0.503. The number of benzene rings is 4. The second-order valence-corrected chi connectivity index (χ2v) is 10.00. The summed E-state index contributed by atoms with van der Waals surface area (Å²) in [6.45, 7) is 0.538. The minimum absolute atomic E-state index is 0.156. The fraction of sp³-hybridized carbons (Fsp3) is 0.0667. The monoisotopic (exact) mass is 553 g/mol. The zero-order chi connectivity index (χ0) is 27.0. The first kappa shape index (κ1) is 26.2. The normalized spacial score (nSPS) is 10.7. The van der Waals surface area contributed by atoms with Crippen LogP contribution >= 0.6 is 23.4 Å². The van der Waals surface area contributed by atoms with Crippen LogP contribution < -0.4 is 10.6 Å². The second-order valence-electron chi connectivity index (χ2n) is 8.62. The fourth-order valence-corrected chi connectivity index (χ4v) is 4.74. The van der Waals surface area contributed by atoms with E-state index < -0.39 is 0 Å². The number of rotatable bonds is 9. The van der Waals surface area contributed by atoms with Gasteiger partial charge in [-0.2, -0.15) is 0 Å². The van der Waals surface area contributed by atoms with Gasteiger partial charge in [0.15, 0.2) is 11.0 Å². The third-order valence-corrected chi connectivity index (χ3v) is 7.02. The minimum atomic E-state index is -0.175. The van der Waals surface area contributed by atoms with E-state index in [9.17, 15) is 9.59 Å². The van der Waals surface area contributed by atoms with Crippen LogP contribution in [0.2, 0.25) is 5.02 Å². The highest BCUT2D eigenvalue weighted by Crippen LogP contribution is 2.27. The van der Waals surface area contributed by atoms with Crippen molar-refractivity contribution < 1.29 is 9.59 Å². The maximum absolute atomic E-state index is 12.6. The lowest BCUT2D eigenvalue weighted by Gasteiger charge is -2.11. The van der Waals surface area contributed by atoms with Crippen molar-refractivity contribution in [2.45, 2.75) is 11.7 Å². The second kappa shape index (κ2) is 12.4. The number of anilines is 2. The zero-order valence-electron chi connectivity index (χ0n) is 20.8. The van der Waals surface area contributed by atoms with E-state index in [1.165, 1.54) is 11.8 Å². The predicted molar refractivity (Wildman–Crippen MR) is 156 cm³/mol. The maximum atomic E-state index is 12.6. The first-order valence-electron chi connectivity index (χ1n) is 12.2. The van der Waals surface area contributed by atoms with Crippen molar-refractivity contribution in [1.82, 2.24) is 14.8 Å². The van der Waals surface area contributed by atoms with E-state index >= 15 is 0 Å². The van der Waals surface area contributed by atoms with Crippen molar-refractivity contribution in [3.8, 4) is 11.4 Å². The standard InChI is InChI=1S/C30H24ClN5O2S/c31-24-13-17-25(18-14-24)32-27(37)20-39-30-35-34-28(36(30)19-21-7-3-1-4-8-21)22-11-15-26(16-12-22)33-29(38)23-9-5-2-6-10-23/h1-18H,19-20H2,(H,32,37)(H,33,38). The van der Waals surface area contributed by atoms with Crippen LogP contribution in [0.3, 0.4) is 0 Å². The number of thioether (sulfide) groups is 1. The summed E-state index contributed by atoms with van der Waals surface area (Å²) in [7, 11) is 0. The third-order valence-electron chi connectivity index (χ3n) is 5.80. The molecule has 194 valence electrons. The molecule has 2 amide bonds. The molecule has 5 rings (SSSR count). The lowest BCUT2D eigenvalue weighted by atomic mass is 10.1. The van der Waals surface area contributed by atoms with E-state index in [0.29, 0.717) is 39.5 Å². The Morgan fingerprint density at radius 2 is 1.36 bits per heavy atom. The van der Waals surface area contributed by atoms with E-state index in [4.69, 9.17) is 11.6 Å². The topological polar surface area (TPSA) is 88.9 Å². The summed E-state index contributed by atoms with van der Waals surface area (Å²) in [6.07, 6.45) is 0. The first-order chi connectivity index (χ1) is 19.0. The number of carbonyl (C=O) groups is 2. The van der Waals surface area contributed by atoms with Gasteiger partial charge in [-0.3, -0.25) is 14.2 Å². The molecule has 0 unspecified atom stereocenters. The summed E-state index contributed by atoms with van der Waals surface area (Å²) in [5.41, 5.74) is 3.86. The molecule has 0 radical (unpaired) electrons. The Kier molecular flexibility index (Phi) is 8.36. The van der Waals surface area contributed by atoms with Crippen molar-refractivity contribution in [3.63, 3.8) is 0 Å². The average molecular weight is 554 g/mol. The third kappa shape index (κ3) is 6.93. The number of amides is 2. The number of hydrogen-bond donors (Lipinski definition) is 2. The smallest absolute Gasteiger partial charge is 0.255 e. The van der Waals surface area contributed by atoms with Crippen molar-refractivity contribution in [2.75, 3.05) is 16.4 Å². The van der Waals surface area contributed by atoms with Crippen LogP contribution in [0.25, 0.3) is 11.4 Å². The molecule has 7 nitrogen and oxygen atoms in total. The average Bonchev–Trinajstić information content (AvgIpc) is 3.36. The van der Waals surface area contributed by atoms with Gasteiger partial charge in [-0.15, -0.1) is 10.2 Å². The van der Waals surface area contributed by atoms with Crippen molar-refractivity contribution in [2.24, 2.45) is 0 Å². The Bertz CT molecular complexity index is 1560. The largest absolute Gasteiger partial charge is 0.325 e. The Hall–Kier alpha value is -4.40. The van der Waals surface area contributed by atoms with Gasteiger partial charge in [-0.05, 0) is 66.2 Å². The molecule has 2 N–H and O–H groups in total. The molecule has 5 aromatic rings. The molecule has 0 aliphatic rings. The summed E-state index contributed by atoms with van der Waals surface area (Å²) >= 11 is 7.24. The van der Waals surface area contributed by atoms with Gasteiger partial charge in [0.1, 0.15) is 0 Å². The van der Waals surface area contributed by atoms with Gasteiger partial charge in [0.05, 0.1) is 12.3 Å². The molecule has 4 aromatic carbocycles. The van der Waals surface area contributed by atoms with Gasteiger partial charge in [0.25, 0.3) is 5.91 Å². The molecule has 0 atom stereocenters. The molecule has 1 heterocycles. The summed E-state index contributed by atoms with van der Waals surface area (Å²) < 4.78 is 1.99. The molecule has 0 fully saturated rings. The van der Waals surface area contributed by atoms with Gasteiger partial charge in [-0.25, -0.2) is 0 Å². The fourth-order valence-electron chi connectivity index (χ4n) is 3.87. The van der Waals surface area contributed by atoms with Gasteiger partial charge >= 0.3 is 0 Å². The molecule has 0 saturated heterocycles. The highest BCUT2D eigenvalue weighted by Gasteiger charge is 2.17. The number of aromatic nitrogens is 3. The van der Waals surface area contributed by atoms with Crippen LogP contribution in [0.1, 0.15) is 15.9 Å². The lowest BCUT2D eigenvalue weighted by Crippen LogP contribution is -2.14. The van der Waals surface area contributed by atoms with Gasteiger partial charge in [-0.1, -0.05) is 71.9 Å². The van der Waals surface area contributed by atoms with Crippen LogP contribution in [0.4, 0.5) is 11.4 Å². The number of carbonyl (C=O) groups excluding carboxylic acids is 2. The van der Waals surface area contributed by atoms with E-state index in [-0.39, 0.29) is 17.6 Å². The Labute approximate surface area is 235 Å². The van der Waals surface area contributed by atoms with E-state index in [2.05, 4.69) is 20.8 Å². The Morgan fingerprint density at radius 1 is 0.744 bits per heavy atom. The Balaban J connectivity index is 1.33. The van der Waals surface area contributed by atoms with Gasteiger partial charge in [0, 0.05) is 27.5 Å². The number of nitrogens with one attached hydrogen (secondary N) is 2. The number of nitrogens with zero attached hydrogens (tertiary/aromatic N) is 3. The molecular weight excluding hydrogens is 530 g/mol. The molecule has 0 aliphatic heterocycles.